The molecular weight excluding hydrogens is 321 g/mol. The Balaban J connectivity index is 2.17. The molecule has 0 saturated carbocycles. The smallest absolute Gasteiger partial charge is 0.142 e. The van der Waals surface area contributed by atoms with Gasteiger partial charge in [0.25, 0.3) is 0 Å². The molecular formula is C16H13Cl2N3O. The van der Waals surface area contributed by atoms with Gasteiger partial charge in [-0.3, -0.25) is 0 Å². The van der Waals surface area contributed by atoms with Crippen LogP contribution in [0.5, 0.6) is 0 Å². The fourth-order valence-corrected chi connectivity index (χ4v) is 3.03. The Labute approximate surface area is 138 Å². The summed E-state index contributed by atoms with van der Waals surface area (Å²) in [6.07, 6.45) is 0.862. The number of anilines is 1. The van der Waals surface area contributed by atoms with Crippen molar-refractivity contribution in [1.82, 2.24) is 4.98 Å². The van der Waals surface area contributed by atoms with Crippen molar-refractivity contribution in [2.24, 2.45) is 0 Å². The maximum absolute atomic E-state index is 9.36. The molecule has 4 nitrogen and oxygen atoms in total. The van der Waals surface area contributed by atoms with Crippen molar-refractivity contribution in [3.8, 4) is 17.3 Å². The number of hydrogen-bond acceptors (Lipinski definition) is 4. The first-order chi connectivity index (χ1) is 10.6. The Morgan fingerprint density at radius 2 is 2.14 bits per heavy atom. The summed E-state index contributed by atoms with van der Waals surface area (Å²) in [7, 11) is 0. The Morgan fingerprint density at radius 1 is 1.32 bits per heavy atom. The van der Waals surface area contributed by atoms with Crippen LogP contribution in [0.15, 0.2) is 24.3 Å². The monoisotopic (exact) mass is 333 g/mol. The minimum atomic E-state index is 0.150. The molecule has 1 atom stereocenters. The van der Waals surface area contributed by atoms with Crippen LogP contribution in [0, 0.1) is 11.3 Å². The third-order valence-corrected chi connectivity index (χ3v) is 4.33. The number of aromatic nitrogens is 1. The highest BCUT2D eigenvalue weighted by molar-refractivity contribution is 6.35. The highest BCUT2D eigenvalue weighted by Crippen LogP contribution is 2.35. The predicted molar refractivity (Wildman–Crippen MR) is 87.0 cm³/mol. The third kappa shape index (κ3) is 2.76. The van der Waals surface area contributed by atoms with Crippen LogP contribution in [0.2, 0.25) is 10.0 Å². The van der Waals surface area contributed by atoms with Crippen molar-refractivity contribution < 1.29 is 4.74 Å². The number of ether oxygens (including phenoxy) is 1. The lowest BCUT2D eigenvalue weighted by atomic mass is 9.93. The lowest BCUT2D eigenvalue weighted by Gasteiger charge is -2.14. The molecule has 0 radical (unpaired) electrons. The minimum Gasteiger partial charge on any atom is -0.383 e. The highest BCUT2D eigenvalue weighted by Gasteiger charge is 2.24. The summed E-state index contributed by atoms with van der Waals surface area (Å²) in [6.45, 7) is 1.27. The van der Waals surface area contributed by atoms with Crippen LogP contribution in [0.25, 0.3) is 11.3 Å². The molecule has 1 aromatic heterocycles. The van der Waals surface area contributed by atoms with E-state index in [-0.39, 0.29) is 11.7 Å². The fourth-order valence-electron chi connectivity index (χ4n) is 2.64. The molecule has 0 spiro atoms. The Kier molecular flexibility index (Phi) is 4.21. The molecule has 2 heterocycles. The SMILES string of the molecule is N#Cc1c([C@H]2CCOC2)cc(-c2cc(Cl)ccc2Cl)nc1N. The summed E-state index contributed by atoms with van der Waals surface area (Å²) >= 11 is 12.3. The summed E-state index contributed by atoms with van der Waals surface area (Å²) in [6, 6.07) is 9.18. The molecule has 0 aliphatic carbocycles. The maximum Gasteiger partial charge on any atom is 0.142 e. The number of halogens is 2. The van der Waals surface area contributed by atoms with Gasteiger partial charge in [0, 0.05) is 23.1 Å². The number of nitrogens with zero attached hydrogens (tertiary/aromatic N) is 2. The Morgan fingerprint density at radius 3 is 2.82 bits per heavy atom. The normalized spacial score (nSPS) is 17.4. The average Bonchev–Trinajstić information content (AvgIpc) is 3.03. The first-order valence-corrected chi connectivity index (χ1v) is 7.59. The largest absolute Gasteiger partial charge is 0.383 e. The van der Waals surface area contributed by atoms with Crippen LogP contribution in [0.4, 0.5) is 5.82 Å². The van der Waals surface area contributed by atoms with Gasteiger partial charge in [0.1, 0.15) is 11.9 Å². The Bertz CT molecular complexity index is 765. The summed E-state index contributed by atoms with van der Waals surface area (Å²) in [5.74, 6) is 0.356. The number of nitrogens with two attached hydrogens (primary N) is 1. The molecule has 3 rings (SSSR count). The summed E-state index contributed by atoms with van der Waals surface area (Å²) in [4.78, 5) is 4.32. The van der Waals surface area contributed by atoms with Crippen molar-refractivity contribution in [2.75, 3.05) is 18.9 Å². The fraction of sp³-hybridized carbons (Fsp3) is 0.250. The number of benzene rings is 1. The molecule has 1 saturated heterocycles. The Hall–Kier alpha value is -1.80. The topological polar surface area (TPSA) is 71.9 Å². The van der Waals surface area contributed by atoms with Crippen molar-refractivity contribution in [3.05, 3.63) is 45.4 Å². The zero-order valence-electron chi connectivity index (χ0n) is 11.6. The zero-order chi connectivity index (χ0) is 15.7. The number of hydrogen-bond donors (Lipinski definition) is 1. The second kappa shape index (κ2) is 6.13. The second-order valence-electron chi connectivity index (χ2n) is 5.15. The molecule has 0 unspecified atom stereocenters. The summed E-state index contributed by atoms with van der Waals surface area (Å²) in [5, 5.41) is 10.5. The molecule has 112 valence electrons. The van der Waals surface area contributed by atoms with Crippen LogP contribution in [0.1, 0.15) is 23.5 Å². The van der Waals surface area contributed by atoms with E-state index < -0.39 is 0 Å². The molecule has 1 aromatic carbocycles. The van der Waals surface area contributed by atoms with E-state index in [0.29, 0.717) is 40.1 Å². The summed E-state index contributed by atoms with van der Waals surface area (Å²) in [5.41, 5.74) is 8.57. The van der Waals surface area contributed by atoms with Gasteiger partial charge in [-0.1, -0.05) is 23.2 Å². The molecule has 0 amide bonds. The van der Waals surface area contributed by atoms with Crippen LogP contribution in [-0.4, -0.2) is 18.2 Å². The van der Waals surface area contributed by atoms with Gasteiger partial charge in [-0.2, -0.15) is 5.26 Å². The van der Waals surface area contributed by atoms with E-state index in [1.54, 1.807) is 18.2 Å². The van der Waals surface area contributed by atoms with Crippen molar-refractivity contribution >= 4 is 29.0 Å². The molecule has 2 aromatic rings. The van der Waals surface area contributed by atoms with Gasteiger partial charge in [-0.15, -0.1) is 0 Å². The van der Waals surface area contributed by atoms with E-state index in [2.05, 4.69) is 11.1 Å². The third-order valence-electron chi connectivity index (χ3n) is 3.76. The van der Waals surface area contributed by atoms with Crippen LogP contribution < -0.4 is 5.73 Å². The first kappa shape index (κ1) is 15.1. The van der Waals surface area contributed by atoms with E-state index in [1.807, 2.05) is 6.07 Å². The lowest BCUT2D eigenvalue weighted by molar-refractivity contribution is 0.194. The summed E-state index contributed by atoms with van der Waals surface area (Å²) < 4.78 is 5.42. The minimum absolute atomic E-state index is 0.150. The second-order valence-corrected chi connectivity index (χ2v) is 6.00. The molecule has 0 bridgehead atoms. The lowest BCUT2D eigenvalue weighted by Crippen LogP contribution is -2.07. The van der Waals surface area contributed by atoms with Gasteiger partial charge in [0.05, 0.1) is 22.9 Å². The van der Waals surface area contributed by atoms with Gasteiger partial charge >= 0.3 is 0 Å². The van der Waals surface area contributed by atoms with Gasteiger partial charge in [0.15, 0.2) is 0 Å². The average molecular weight is 334 g/mol. The maximum atomic E-state index is 9.36. The number of nitriles is 1. The number of rotatable bonds is 2. The van der Waals surface area contributed by atoms with E-state index in [1.165, 1.54) is 0 Å². The molecule has 1 aliphatic heterocycles. The quantitative estimate of drug-likeness (QED) is 0.900. The predicted octanol–water partition coefficient (Wildman–Crippen LogP) is 4.01. The molecule has 22 heavy (non-hydrogen) atoms. The first-order valence-electron chi connectivity index (χ1n) is 6.84. The van der Waals surface area contributed by atoms with Crippen molar-refractivity contribution in [1.29, 1.82) is 5.26 Å². The standard InChI is InChI=1S/C16H13Cl2N3O/c17-10-1-2-14(18)12(5-10)15-6-11(9-3-4-22-8-9)13(7-19)16(20)21-15/h1-2,5-6,9H,3-4,8H2,(H2,20,21)/t9-/m0/s1. The van der Waals surface area contributed by atoms with Gasteiger partial charge in [-0.05, 0) is 36.2 Å². The molecule has 1 aliphatic rings. The van der Waals surface area contributed by atoms with Gasteiger partial charge in [0.2, 0.25) is 0 Å². The molecule has 2 N–H and O–H groups in total. The molecule has 1 fully saturated rings. The van der Waals surface area contributed by atoms with E-state index >= 15 is 0 Å². The molecule has 6 heteroatoms. The van der Waals surface area contributed by atoms with Crippen LogP contribution >= 0.6 is 23.2 Å². The number of nitrogen functional groups attached to an aromatic ring is 1. The van der Waals surface area contributed by atoms with Gasteiger partial charge < -0.3 is 10.5 Å². The zero-order valence-corrected chi connectivity index (χ0v) is 13.2. The van der Waals surface area contributed by atoms with Crippen molar-refractivity contribution in [3.63, 3.8) is 0 Å². The van der Waals surface area contributed by atoms with E-state index in [0.717, 1.165) is 12.0 Å². The van der Waals surface area contributed by atoms with Gasteiger partial charge in [-0.25, -0.2) is 4.98 Å². The highest BCUT2D eigenvalue weighted by atomic mass is 35.5. The van der Waals surface area contributed by atoms with Crippen LogP contribution in [-0.2, 0) is 4.74 Å². The van der Waals surface area contributed by atoms with Crippen molar-refractivity contribution in [2.45, 2.75) is 12.3 Å². The number of pyridine rings is 1. The van der Waals surface area contributed by atoms with E-state index in [4.69, 9.17) is 33.7 Å². The van der Waals surface area contributed by atoms with Crippen LogP contribution in [0.3, 0.4) is 0 Å². The van der Waals surface area contributed by atoms with E-state index in [9.17, 15) is 5.26 Å².